The standard InChI is InChI=1S/C15H12ClNOP2/c16-20-17-19-14(11-12-7-3-1-4-8-12)15(18)13-9-5-2-6-10-13/h1-11,19H. The van der Waals surface area contributed by atoms with E-state index in [1.165, 1.54) is 0 Å². The van der Waals surface area contributed by atoms with Crippen molar-refractivity contribution < 1.29 is 4.79 Å². The molecule has 0 aliphatic heterocycles. The molecule has 0 aliphatic rings. The third-order valence-corrected chi connectivity index (χ3v) is 4.59. The van der Waals surface area contributed by atoms with Crippen LogP contribution in [0.1, 0.15) is 15.9 Å². The second-order valence-corrected chi connectivity index (χ2v) is 6.12. The maximum absolute atomic E-state index is 12.5. The first-order valence-electron chi connectivity index (χ1n) is 5.95. The fourth-order valence-corrected chi connectivity index (χ4v) is 3.08. The Kier molecular flexibility index (Phi) is 6.08. The van der Waals surface area contributed by atoms with E-state index in [4.69, 9.17) is 11.2 Å². The van der Waals surface area contributed by atoms with E-state index < -0.39 is 0 Å². The summed E-state index contributed by atoms with van der Waals surface area (Å²) in [6, 6.07) is 19.0. The molecule has 0 fully saturated rings. The highest BCUT2D eigenvalue weighted by Gasteiger charge is 2.11. The Morgan fingerprint density at radius 2 is 1.65 bits per heavy atom. The number of hydrogen-bond acceptors (Lipinski definition) is 2. The maximum atomic E-state index is 12.5. The smallest absolute Gasteiger partial charge is 0.195 e. The monoisotopic (exact) mass is 319 g/mol. The fourth-order valence-electron chi connectivity index (χ4n) is 1.68. The van der Waals surface area contributed by atoms with E-state index in [1.807, 2.05) is 66.7 Å². The quantitative estimate of drug-likeness (QED) is 0.390. The van der Waals surface area contributed by atoms with Gasteiger partial charge in [-0.2, -0.15) is 0 Å². The molecule has 1 unspecified atom stereocenters. The van der Waals surface area contributed by atoms with Crippen molar-refractivity contribution in [2.45, 2.75) is 0 Å². The van der Waals surface area contributed by atoms with Crippen molar-refractivity contribution >= 4 is 39.6 Å². The Bertz CT molecular complexity index is 627. The predicted octanol–water partition coefficient (Wildman–Crippen LogP) is 5.79. The van der Waals surface area contributed by atoms with E-state index in [9.17, 15) is 4.79 Å². The van der Waals surface area contributed by atoms with Crippen molar-refractivity contribution in [3.05, 3.63) is 77.1 Å². The summed E-state index contributed by atoms with van der Waals surface area (Å²) in [4.78, 5) is 12.5. The van der Waals surface area contributed by atoms with Gasteiger partial charge in [0.05, 0.1) is 0 Å². The molecule has 0 bridgehead atoms. The van der Waals surface area contributed by atoms with Crippen LogP contribution < -0.4 is 0 Å². The van der Waals surface area contributed by atoms with Gasteiger partial charge in [-0.3, -0.25) is 4.79 Å². The van der Waals surface area contributed by atoms with Crippen LogP contribution in [-0.2, 0) is 0 Å². The second-order valence-electron chi connectivity index (χ2n) is 3.95. The third kappa shape index (κ3) is 4.35. The second kappa shape index (κ2) is 8.07. The lowest BCUT2D eigenvalue weighted by atomic mass is 10.1. The molecule has 0 spiro atoms. The molecule has 0 saturated carbocycles. The molecule has 5 heteroatoms. The van der Waals surface area contributed by atoms with Crippen LogP contribution in [-0.4, -0.2) is 5.78 Å². The highest BCUT2D eigenvalue weighted by atomic mass is 35.7. The lowest BCUT2D eigenvalue weighted by Gasteiger charge is -2.04. The molecule has 0 aromatic heterocycles. The van der Waals surface area contributed by atoms with E-state index in [0.717, 1.165) is 5.56 Å². The molecule has 2 rings (SSSR count). The zero-order chi connectivity index (χ0) is 14.2. The SMILES string of the molecule is O=C(C(=Cc1ccccc1)PN=PCl)c1ccccc1. The molecule has 0 amide bonds. The van der Waals surface area contributed by atoms with Gasteiger partial charge in [0.2, 0.25) is 0 Å². The average Bonchev–Trinajstić information content (AvgIpc) is 2.52. The lowest BCUT2D eigenvalue weighted by molar-refractivity contribution is 0.104. The number of Topliss-reactive ketones (excluding diaryl/α,β-unsaturated/α-hetero) is 1. The van der Waals surface area contributed by atoms with Crippen LogP contribution in [0.15, 0.2) is 70.5 Å². The van der Waals surface area contributed by atoms with Crippen molar-refractivity contribution in [1.29, 1.82) is 0 Å². The van der Waals surface area contributed by atoms with Crippen molar-refractivity contribution in [2.75, 3.05) is 0 Å². The van der Waals surface area contributed by atoms with Gasteiger partial charge in [0.25, 0.3) is 0 Å². The Morgan fingerprint density at radius 1 is 1.05 bits per heavy atom. The molecule has 0 heterocycles. The molecule has 100 valence electrons. The number of hydrogen-bond donors (Lipinski definition) is 0. The van der Waals surface area contributed by atoms with Crippen LogP contribution in [0.25, 0.3) is 6.08 Å². The number of nitrogens with zero attached hydrogens (tertiary/aromatic N) is 1. The molecule has 0 saturated heterocycles. The summed E-state index contributed by atoms with van der Waals surface area (Å²) in [6.07, 6.45) is 1.87. The van der Waals surface area contributed by atoms with Gasteiger partial charge in [-0.15, -0.1) is 0 Å². The summed E-state index contributed by atoms with van der Waals surface area (Å²) in [6.45, 7) is 0. The number of benzene rings is 2. The molecule has 2 aromatic carbocycles. The van der Waals surface area contributed by atoms with Crippen LogP contribution in [0.4, 0.5) is 0 Å². The number of carbonyl (C=O) groups excluding carboxylic acids is 1. The van der Waals surface area contributed by atoms with Crippen molar-refractivity contribution in [1.82, 2.24) is 0 Å². The van der Waals surface area contributed by atoms with E-state index in [-0.39, 0.29) is 14.5 Å². The Hall–Kier alpha value is -1.33. The van der Waals surface area contributed by atoms with Crippen LogP contribution in [0.5, 0.6) is 0 Å². The summed E-state index contributed by atoms with van der Waals surface area (Å²) < 4.78 is 4.09. The van der Waals surface area contributed by atoms with Gasteiger partial charge in [0.15, 0.2) is 5.78 Å². The summed E-state index contributed by atoms with van der Waals surface area (Å²) in [5.74, 6) is -0.00291. The number of rotatable bonds is 5. The lowest BCUT2D eigenvalue weighted by Crippen LogP contribution is -1.98. The van der Waals surface area contributed by atoms with Gasteiger partial charge in [0, 0.05) is 19.6 Å². The molecule has 1 atom stereocenters. The van der Waals surface area contributed by atoms with Crippen LogP contribution >= 0.6 is 27.7 Å². The van der Waals surface area contributed by atoms with Gasteiger partial charge in [-0.1, -0.05) is 60.7 Å². The summed E-state index contributed by atoms with van der Waals surface area (Å²) in [7, 11) is 0.471. The molecule has 2 nitrogen and oxygen atoms in total. The number of halogens is 1. The Balaban J connectivity index is 2.33. The van der Waals surface area contributed by atoms with Gasteiger partial charge in [0.1, 0.15) is 7.73 Å². The van der Waals surface area contributed by atoms with Gasteiger partial charge in [-0.25, -0.2) is 4.52 Å². The zero-order valence-corrected chi connectivity index (χ0v) is 13.2. The minimum Gasteiger partial charge on any atom is -0.289 e. The molecule has 0 radical (unpaired) electrons. The van der Waals surface area contributed by atoms with Gasteiger partial charge in [-0.05, 0) is 22.9 Å². The summed E-state index contributed by atoms with van der Waals surface area (Å²) >= 11 is 5.57. The first-order valence-corrected chi connectivity index (χ1v) is 8.64. The predicted molar refractivity (Wildman–Crippen MR) is 88.7 cm³/mol. The van der Waals surface area contributed by atoms with E-state index in [1.54, 1.807) is 0 Å². The first-order chi connectivity index (χ1) is 9.81. The van der Waals surface area contributed by atoms with Gasteiger partial charge >= 0.3 is 0 Å². The topological polar surface area (TPSA) is 29.4 Å². The summed E-state index contributed by atoms with van der Waals surface area (Å²) in [5, 5.41) is 0.663. The average molecular weight is 320 g/mol. The van der Waals surface area contributed by atoms with E-state index >= 15 is 0 Å². The molecule has 0 N–H and O–H groups in total. The maximum Gasteiger partial charge on any atom is 0.195 e. The van der Waals surface area contributed by atoms with Crippen LogP contribution in [0, 0.1) is 0 Å². The summed E-state index contributed by atoms with van der Waals surface area (Å²) in [5.41, 5.74) is 1.66. The van der Waals surface area contributed by atoms with Crippen molar-refractivity contribution in [3.8, 4) is 0 Å². The Morgan fingerprint density at radius 3 is 2.25 bits per heavy atom. The number of allylic oxidation sites excluding steroid dienone is 1. The number of carbonyl (C=O) groups is 1. The molecule has 2 aromatic rings. The normalized spacial score (nSPS) is 12.3. The minimum atomic E-state index is -0.00291. The highest BCUT2D eigenvalue weighted by molar-refractivity contribution is 7.65. The molecular formula is C15H12ClNOP2. The molecule has 20 heavy (non-hydrogen) atoms. The fraction of sp³-hybridized carbons (Fsp3) is 0. The Labute approximate surface area is 126 Å². The number of ketones is 1. The van der Waals surface area contributed by atoms with Gasteiger partial charge < -0.3 is 0 Å². The first kappa shape index (κ1) is 15.1. The van der Waals surface area contributed by atoms with Crippen LogP contribution in [0.2, 0.25) is 0 Å². The minimum absolute atomic E-state index is 0.00291. The largest absolute Gasteiger partial charge is 0.289 e. The van der Waals surface area contributed by atoms with E-state index in [0.29, 0.717) is 18.6 Å². The van der Waals surface area contributed by atoms with E-state index in [2.05, 4.69) is 4.52 Å². The van der Waals surface area contributed by atoms with Crippen LogP contribution in [0.3, 0.4) is 0 Å². The third-order valence-electron chi connectivity index (χ3n) is 2.60. The zero-order valence-electron chi connectivity index (χ0n) is 10.5. The van der Waals surface area contributed by atoms with Crippen molar-refractivity contribution in [3.63, 3.8) is 0 Å². The molecular weight excluding hydrogens is 308 g/mol. The molecule has 0 aliphatic carbocycles. The van der Waals surface area contributed by atoms with Crippen molar-refractivity contribution in [2.24, 2.45) is 4.52 Å². The highest BCUT2D eigenvalue weighted by Crippen LogP contribution is 2.34.